The van der Waals surface area contributed by atoms with Crippen LogP contribution in [0.15, 0.2) is 18.2 Å². The van der Waals surface area contributed by atoms with E-state index in [1.54, 1.807) is 18.2 Å². The Bertz CT molecular complexity index is 632. The standard InChI is InChI=1S/C20H28N2O3/c1-2-16-12-18(20(24)25)7-6-17(16)13-19(23)22-10-8-21(9-11-22)14-15-4-3-5-15/h6-7,12,15H,2-5,8-11,13-14H2,1H3,(H,24,25). The first kappa shape index (κ1) is 17.9. The number of rotatable bonds is 6. The highest BCUT2D eigenvalue weighted by atomic mass is 16.4. The molecule has 0 aromatic heterocycles. The van der Waals surface area contributed by atoms with Crippen LogP contribution in [0.4, 0.5) is 0 Å². The van der Waals surface area contributed by atoms with E-state index in [4.69, 9.17) is 5.11 Å². The molecule has 0 bridgehead atoms. The first-order valence-electron chi connectivity index (χ1n) is 9.42. The highest BCUT2D eigenvalue weighted by Gasteiger charge is 2.25. The van der Waals surface area contributed by atoms with Crippen molar-refractivity contribution in [1.82, 2.24) is 9.80 Å². The number of aromatic carboxylic acids is 1. The van der Waals surface area contributed by atoms with Crippen molar-refractivity contribution >= 4 is 11.9 Å². The molecule has 2 fully saturated rings. The molecule has 0 radical (unpaired) electrons. The molecule has 1 amide bonds. The van der Waals surface area contributed by atoms with Gasteiger partial charge in [0.1, 0.15) is 0 Å². The average Bonchev–Trinajstić information content (AvgIpc) is 2.58. The lowest BCUT2D eigenvalue weighted by molar-refractivity contribution is -0.132. The predicted molar refractivity (Wildman–Crippen MR) is 96.8 cm³/mol. The van der Waals surface area contributed by atoms with Crippen LogP contribution in [0.25, 0.3) is 0 Å². The number of carbonyl (C=O) groups is 2. The van der Waals surface area contributed by atoms with Gasteiger partial charge in [0.15, 0.2) is 0 Å². The monoisotopic (exact) mass is 344 g/mol. The molecule has 2 aliphatic rings. The number of amides is 1. The molecule has 1 aliphatic carbocycles. The normalized spacial score (nSPS) is 18.8. The number of hydrogen-bond acceptors (Lipinski definition) is 3. The zero-order chi connectivity index (χ0) is 17.8. The Labute approximate surface area is 149 Å². The van der Waals surface area contributed by atoms with Crippen LogP contribution in [0.5, 0.6) is 0 Å². The third kappa shape index (κ3) is 4.40. The zero-order valence-electron chi connectivity index (χ0n) is 15.0. The zero-order valence-corrected chi connectivity index (χ0v) is 15.0. The van der Waals surface area contributed by atoms with Crippen LogP contribution in [0.1, 0.15) is 47.7 Å². The second kappa shape index (κ2) is 8.00. The van der Waals surface area contributed by atoms with Crippen molar-refractivity contribution in [2.24, 2.45) is 5.92 Å². The second-order valence-corrected chi connectivity index (χ2v) is 7.30. The molecule has 1 aromatic carbocycles. The van der Waals surface area contributed by atoms with Gasteiger partial charge in [0.05, 0.1) is 12.0 Å². The lowest BCUT2D eigenvalue weighted by Gasteiger charge is -2.38. The summed E-state index contributed by atoms with van der Waals surface area (Å²) in [6, 6.07) is 5.09. The maximum Gasteiger partial charge on any atom is 0.335 e. The van der Waals surface area contributed by atoms with Gasteiger partial charge in [0.25, 0.3) is 0 Å². The summed E-state index contributed by atoms with van der Waals surface area (Å²) in [5.74, 6) is 0.110. The molecule has 136 valence electrons. The van der Waals surface area contributed by atoms with Crippen LogP contribution in [0, 0.1) is 5.92 Å². The van der Waals surface area contributed by atoms with Crippen molar-refractivity contribution in [1.29, 1.82) is 0 Å². The van der Waals surface area contributed by atoms with Crippen molar-refractivity contribution < 1.29 is 14.7 Å². The largest absolute Gasteiger partial charge is 0.478 e. The van der Waals surface area contributed by atoms with Crippen LogP contribution in [-0.2, 0) is 17.6 Å². The maximum absolute atomic E-state index is 12.6. The van der Waals surface area contributed by atoms with Gasteiger partial charge < -0.3 is 10.0 Å². The fourth-order valence-electron chi connectivity index (χ4n) is 3.76. The summed E-state index contributed by atoms with van der Waals surface area (Å²) >= 11 is 0. The number of hydrogen-bond donors (Lipinski definition) is 1. The molecule has 1 saturated carbocycles. The molecule has 1 aliphatic heterocycles. The SMILES string of the molecule is CCc1cc(C(=O)O)ccc1CC(=O)N1CCN(CC2CCC2)CC1. The molecule has 25 heavy (non-hydrogen) atoms. The summed E-state index contributed by atoms with van der Waals surface area (Å²) in [6.07, 6.45) is 5.21. The minimum atomic E-state index is -0.921. The number of carbonyl (C=O) groups excluding carboxylic acids is 1. The van der Waals surface area contributed by atoms with Crippen molar-refractivity contribution in [3.05, 3.63) is 34.9 Å². The molecular weight excluding hydrogens is 316 g/mol. The van der Waals surface area contributed by atoms with Crippen molar-refractivity contribution in [2.45, 2.75) is 39.0 Å². The summed E-state index contributed by atoms with van der Waals surface area (Å²) < 4.78 is 0. The molecule has 0 atom stereocenters. The number of carboxylic acid groups (broad SMARTS) is 1. The van der Waals surface area contributed by atoms with E-state index >= 15 is 0 Å². The Balaban J connectivity index is 1.54. The molecule has 1 heterocycles. The van der Waals surface area contributed by atoms with Crippen LogP contribution in [0.2, 0.25) is 0 Å². The summed E-state index contributed by atoms with van der Waals surface area (Å²) in [5.41, 5.74) is 2.20. The highest BCUT2D eigenvalue weighted by Crippen LogP contribution is 2.27. The molecule has 5 heteroatoms. The number of aryl methyl sites for hydroxylation is 1. The third-order valence-corrected chi connectivity index (χ3v) is 5.64. The third-order valence-electron chi connectivity index (χ3n) is 5.64. The molecule has 1 aromatic rings. The van der Waals surface area contributed by atoms with Crippen LogP contribution >= 0.6 is 0 Å². The van der Waals surface area contributed by atoms with Gasteiger partial charge in [-0.25, -0.2) is 4.79 Å². The Morgan fingerprint density at radius 2 is 1.84 bits per heavy atom. The Hall–Kier alpha value is -1.88. The fourth-order valence-corrected chi connectivity index (χ4v) is 3.76. The molecule has 3 rings (SSSR count). The fraction of sp³-hybridized carbons (Fsp3) is 0.600. The van der Waals surface area contributed by atoms with Gasteiger partial charge in [-0.15, -0.1) is 0 Å². The van der Waals surface area contributed by atoms with Gasteiger partial charge in [-0.1, -0.05) is 19.4 Å². The van der Waals surface area contributed by atoms with E-state index in [1.807, 2.05) is 11.8 Å². The highest BCUT2D eigenvalue weighted by molar-refractivity contribution is 5.88. The minimum Gasteiger partial charge on any atom is -0.478 e. The maximum atomic E-state index is 12.6. The van der Waals surface area contributed by atoms with Gasteiger partial charge in [0.2, 0.25) is 5.91 Å². The first-order chi connectivity index (χ1) is 12.1. The molecule has 1 saturated heterocycles. The molecule has 0 unspecified atom stereocenters. The lowest BCUT2D eigenvalue weighted by atomic mass is 9.85. The minimum absolute atomic E-state index is 0.154. The van der Waals surface area contributed by atoms with Crippen molar-refractivity contribution in [3.8, 4) is 0 Å². The van der Waals surface area contributed by atoms with Gasteiger partial charge in [-0.3, -0.25) is 9.69 Å². The van der Waals surface area contributed by atoms with Gasteiger partial charge in [-0.05, 0) is 48.4 Å². The molecular formula is C20H28N2O3. The van der Waals surface area contributed by atoms with Gasteiger partial charge in [0, 0.05) is 32.7 Å². The Morgan fingerprint density at radius 3 is 2.40 bits per heavy atom. The number of benzene rings is 1. The molecule has 0 spiro atoms. The van der Waals surface area contributed by atoms with Gasteiger partial charge in [-0.2, -0.15) is 0 Å². The predicted octanol–water partition coefficient (Wildman–Crippen LogP) is 2.43. The second-order valence-electron chi connectivity index (χ2n) is 7.30. The van der Waals surface area contributed by atoms with E-state index < -0.39 is 5.97 Å². The Kier molecular flexibility index (Phi) is 5.74. The molecule has 1 N–H and O–H groups in total. The topological polar surface area (TPSA) is 60.9 Å². The van der Waals surface area contributed by atoms with E-state index in [2.05, 4.69) is 4.90 Å². The Morgan fingerprint density at radius 1 is 1.12 bits per heavy atom. The van der Waals surface area contributed by atoms with Crippen molar-refractivity contribution in [3.63, 3.8) is 0 Å². The summed E-state index contributed by atoms with van der Waals surface area (Å²) in [7, 11) is 0. The van der Waals surface area contributed by atoms with Gasteiger partial charge >= 0.3 is 5.97 Å². The summed E-state index contributed by atoms with van der Waals surface area (Å²) in [5, 5.41) is 9.11. The van der Waals surface area contributed by atoms with Crippen molar-refractivity contribution in [2.75, 3.05) is 32.7 Å². The van der Waals surface area contributed by atoms with Crippen LogP contribution in [-0.4, -0.2) is 59.5 Å². The lowest BCUT2D eigenvalue weighted by Crippen LogP contribution is -2.50. The number of piperazine rings is 1. The quantitative estimate of drug-likeness (QED) is 0.861. The summed E-state index contributed by atoms with van der Waals surface area (Å²) in [4.78, 5) is 28.2. The number of nitrogens with zero attached hydrogens (tertiary/aromatic N) is 2. The van der Waals surface area contributed by atoms with E-state index in [-0.39, 0.29) is 11.5 Å². The van der Waals surface area contributed by atoms with Crippen LogP contribution < -0.4 is 0 Å². The van der Waals surface area contributed by atoms with Crippen LogP contribution in [0.3, 0.4) is 0 Å². The van der Waals surface area contributed by atoms with E-state index in [9.17, 15) is 9.59 Å². The number of carboxylic acids is 1. The summed E-state index contributed by atoms with van der Waals surface area (Å²) in [6.45, 7) is 6.74. The smallest absolute Gasteiger partial charge is 0.335 e. The van der Waals surface area contributed by atoms with E-state index in [0.29, 0.717) is 6.42 Å². The average molecular weight is 344 g/mol. The van der Waals surface area contributed by atoms with E-state index in [0.717, 1.165) is 49.6 Å². The molecule has 5 nitrogen and oxygen atoms in total. The van der Waals surface area contributed by atoms with E-state index in [1.165, 1.54) is 25.8 Å². The first-order valence-corrected chi connectivity index (χ1v) is 9.42.